The summed E-state index contributed by atoms with van der Waals surface area (Å²) >= 11 is 9.64. The van der Waals surface area contributed by atoms with Gasteiger partial charge in [0.1, 0.15) is 11.5 Å². The first-order valence-electron chi connectivity index (χ1n) is 6.95. The maximum Gasteiger partial charge on any atom is 0.141 e. The van der Waals surface area contributed by atoms with Gasteiger partial charge in [-0.3, -0.25) is 0 Å². The molecule has 0 radical (unpaired) electrons. The SMILES string of the molecule is CCNCc1ccc(Oc2c(C)cc(Cl)cc2C)c(Br)c1. The first-order valence-corrected chi connectivity index (χ1v) is 8.12. The van der Waals surface area contributed by atoms with E-state index in [-0.39, 0.29) is 0 Å². The minimum absolute atomic E-state index is 0.734. The van der Waals surface area contributed by atoms with Crippen LogP contribution in [-0.2, 0) is 6.54 Å². The molecule has 0 spiro atoms. The van der Waals surface area contributed by atoms with Gasteiger partial charge in [0, 0.05) is 11.6 Å². The quantitative estimate of drug-likeness (QED) is 0.739. The van der Waals surface area contributed by atoms with Crippen LogP contribution in [0.3, 0.4) is 0 Å². The second-order valence-corrected chi connectivity index (χ2v) is 6.31. The summed E-state index contributed by atoms with van der Waals surface area (Å²) in [4.78, 5) is 0. The molecule has 0 aromatic heterocycles. The van der Waals surface area contributed by atoms with Crippen molar-refractivity contribution in [2.75, 3.05) is 6.54 Å². The summed E-state index contributed by atoms with van der Waals surface area (Å²) in [6.07, 6.45) is 0. The molecule has 0 atom stereocenters. The summed E-state index contributed by atoms with van der Waals surface area (Å²) in [7, 11) is 0. The Morgan fingerprint density at radius 1 is 1.14 bits per heavy atom. The standard InChI is InChI=1S/C17H19BrClNO/c1-4-20-10-13-5-6-16(15(18)9-13)21-17-11(2)7-14(19)8-12(17)3/h5-9,20H,4,10H2,1-3H3. The van der Waals surface area contributed by atoms with E-state index in [2.05, 4.69) is 40.3 Å². The fourth-order valence-corrected chi connectivity index (χ4v) is 3.01. The van der Waals surface area contributed by atoms with E-state index in [1.165, 1.54) is 5.56 Å². The molecule has 0 fully saturated rings. The van der Waals surface area contributed by atoms with Gasteiger partial charge in [-0.25, -0.2) is 0 Å². The van der Waals surface area contributed by atoms with Gasteiger partial charge in [0.2, 0.25) is 0 Å². The maximum atomic E-state index is 6.06. The molecule has 2 aromatic rings. The van der Waals surface area contributed by atoms with Gasteiger partial charge >= 0.3 is 0 Å². The lowest BCUT2D eigenvalue weighted by Gasteiger charge is -2.14. The van der Waals surface area contributed by atoms with E-state index in [9.17, 15) is 0 Å². The van der Waals surface area contributed by atoms with Crippen LogP contribution in [0.4, 0.5) is 0 Å². The number of ether oxygens (including phenoxy) is 1. The van der Waals surface area contributed by atoms with Crippen molar-refractivity contribution in [3.8, 4) is 11.5 Å². The molecule has 0 aliphatic heterocycles. The third-order valence-electron chi connectivity index (χ3n) is 3.21. The molecular formula is C17H19BrClNO. The molecule has 4 heteroatoms. The molecule has 112 valence electrons. The summed E-state index contributed by atoms with van der Waals surface area (Å²) in [5, 5.41) is 4.04. The molecule has 1 N–H and O–H groups in total. The zero-order valence-electron chi connectivity index (χ0n) is 12.5. The number of benzene rings is 2. The highest BCUT2D eigenvalue weighted by Crippen LogP contribution is 2.35. The molecule has 21 heavy (non-hydrogen) atoms. The lowest BCUT2D eigenvalue weighted by molar-refractivity contribution is 0.472. The second-order valence-electron chi connectivity index (χ2n) is 5.02. The van der Waals surface area contributed by atoms with Crippen LogP contribution < -0.4 is 10.1 Å². The highest BCUT2D eigenvalue weighted by atomic mass is 79.9. The van der Waals surface area contributed by atoms with E-state index in [4.69, 9.17) is 16.3 Å². The normalized spacial score (nSPS) is 10.7. The fraction of sp³-hybridized carbons (Fsp3) is 0.294. The Morgan fingerprint density at radius 2 is 1.81 bits per heavy atom. The Balaban J connectivity index is 2.24. The molecule has 2 aromatic carbocycles. The first kappa shape index (κ1) is 16.3. The predicted octanol–water partition coefficient (Wildman–Crippen LogP) is 5.62. The van der Waals surface area contributed by atoms with Gasteiger partial charge in [-0.2, -0.15) is 0 Å². The number of hydrogen-bond acceptors (Lipinski definition) is 2. The molecule has 2 nitrogen and oxygen atoms in total. The predicted molar refractivity (Wildman–Crippen MR) is 92.5 cm³/mol. The van der Waals surface area contributed by atoms with Crippen LogP contribution >= 0.6 is 27.5 Å². The van der Waals surface area contributed by atoms with Crippen LogP contribution in [0.15, 0.2) is 34.8 Å². The van der Waals surface area contributed by atoms with E-state index in [0.29, 0.717) is 0 Å². The highest BCUT2D eigenvalue weighted by Gasteiger charge is 2.10. The Hall–Kier alpha value is -1.03. The van der Waals surface area contributed by atoms with Crippen LogP contribution in [-0.4, -0.2) is 6.54 Å². The van der Waals surface area contributed by atoms with Crippen LogP contribution in [0.1, 0.15) is 23.6 Å². The van der Waals surface area contributed by atoms with Crippen LogP contribution in [0.5, 0.6) is 11.5 Å². The van der Waals surface area contributed by atoms with Crippen molar-refractivity contribution in [1.82, 2.24) is 5.32 Å². The zero-order chi connectivity index (χ0) is 15.4. The van der Waals surface area contributed by atoms with Crippen molar-refractivity contribution in [3.63, 3.8) is 0 Å². The average Bonchev–Trinajstić information content (AvgIpc) is 2.42. The van der Waals surface area contributed by atoms with Crippen molar-refractivity contribution in [1.29, 1.82) is 0 Å². The van der Waals surface area contributed by atoms with Crippen LogP contribution in [0.2, 0.25) is 5.02 Å². The smallest absolute Gasteiger partial charge is 0.141 e. The summed E-state index contributed by atoms with van der Waals surface area (Å²) in [5.74, 6) is 1.67. The maximum absolute atomic E-state index is 6.06. The van der Waals surface area contributed by atoms with E-state index >= 15 is 0 Å². The molecule has 0 aliphatic carbocycles. The van der Waals surface area contributed by atoms with Crippen molar-refractivity contribution in [2.24, 2.45) is 0 Å². The first-order chi connectivity index (χ1) is 10.0. The summed E-state index contributed by atoms with van der Waals surface area (Å²) in [5.41, 5.74) is 3.29. The highest BCUT2D eigenvalue weighted by molar-refractivity contribution is 9.10. The molecular weight excluding hydrogens is 350 g/mol. The van der Waals surface area contributed by atoms with Gasteiger partial charge in [0.25, 0.3) is 0 Å². The molecule has 0 saturated heterocycles. The zero-order valence-corrected chi connectivity index (χ0v) is 14.8. The van der Waals surface area contributed by atoms with Gasteiger partial charge < -0.3 is 10.1 Å². The fourth-order valence-electron chi connectivity index (χ4n) is 2.17. The summed E-state index contributed by atoms with van der Waals surface area (Å²) in [6, 6.07) is 9.97. The third-order valence-corrected chi connectivity index (χ3v) is 4.05. The van der Waals surface area contributed by atoms with Crippen molar-refractivity contribution in [3.05, 3.63) is 56.5 Å². The van der Waals surface area contributed by atoms with E-state index < -0.39 is 0 Å². The Kier molecular flexibility index (Phi) is 5.68. The summed E-state index contributed by atoms with van der Waals surface area (Å²) < 4.78 is 7.01. The minimum atomic E-state index is 0.734. The van der Waals surface area contributed by atoms with Crippen molar-refractivity contribution < 1.29 is 4.74 Å². The van der Waals surface area contributed by atoms with Crippen molar-refractivity contribution >= 4 is 27.5 Å². The number of rotatable bonds is 5. The van der Waals surface area contributed by atoms with E-state index in [0.717, 1.165) is 45.2 Å². The molecule has 0 aliphatic rings. The van der Waals surface area contributed by atoms with E-state index in [1.807, 2.05) is 32.0 Å². The van der Waals surface area contributed by atoms with Crippen LogP contribution in [0, 0.1) is 13.8 Å². The number of nitrogens with one attached hydrogen (secondary N) is 1. The molecule has 0 amide bonds. The molecule has 0 saturated carbocycles. The number of aryl methyl sites for hydroxylation is 2. The Labute approximate surface area is 139 Å². The molecule has 0 bridgehead atoms. The molecule has 2 rings (SSSR count). The van der Waals surface area contributed by atoms with Gasteiger partial charge in [-0.1, -0.05) is 24.6 Å². The Bertz CT molecular complexity index is 620. The second kappa shape index (κ2) is 7.30. The number of hydrogen-bond donors (Lipinski definition) is 1. The molecule has 0 heterocycles. The largest absolute Gasteiger partial charge is 0.456 e. The lowest BCUT2D eigenvalue weighted by atomic mass is 10.1. The van der Waals surface area contributed by atoms with Gasteiger partial charge in [-0.15, -0.1) is 0 Å². The third kappa shape index (κ3) is 4.22. The van der Waals surface area contributed by atoms with E-state index in [1.54, 1.807) is 0 Å². The minimum Gasteiger partial charge on any atom is -0.456 e. The van der Waals surface area contributed by atoms with Gasteiger partial charge in [0.05, 0.1) is 4.47 Å². The molecule has 0 unspecified atom stereocenters. The number of halogens is 2. The topological polar surface area (TPSA) is 21.3 Å². The van der Waals surface area contributed by atoms with Gasteiger partial charge in [-0.05, 0) is 77.3 Å². The Morgan fingerprint density at radius 3 is 2.38 bits per heavy atom. The summed E-state index contributed by atoms with van der Waals surface area (Å²) in [6.45, 7) is 7.91. The average molecular weight is 369 g/mol. The van der Waals surface area contributed by atoms with Crippen molar-refractivity contribution in [2.45, 2.75) is 27.3 Å². The lowest BCUT2D eigenvalue weighted by Crippen LogP contribution is -2.11. The van der Waals surface area contributed by atoms with Crippen LogP contribution in [0.25, 0.3) is 0 Å². The monoisotopic (exact) mass is 367 g/mol. The van der Waals surface area contributed by atoms with Gasteiger partial charge in [0.15, 0.2) is 0 Å².